The number of nitrogens with zero attached hydrogens (tertiary/aromatic N) is 1. The molecule has 1 heterocycles. The molecule has 0 aliphatic carbocycles. The van der Waals surface area contributed by atoms with Gasteiger partial charge in [-0.15, -0.1) is 0 Å². The predicted molar refractivity (Wildman–Crippen MR) is 88.8 cm³/mol. The summed E-state index contributed by atoms with van der Waals surface area (Å²) in [4.78, 5) is 32.3. The number of aliphatic carboxylic acids is 2. The van der Waals surface area contributed by atoms with Crippen LogP contribution in [0.2, 0.25) is 0 Å². The summed E-state index contributed by atoms with van der Waals surface area (Å²) >= 11 is 0. The molecule has 1 aliphatic heterocycles. The molecule has 0 spiro atoms. The van der Waals surface area contributed by atoms with E-state index in [1.165, 1.54) is 0 Å². The molecule has 138 valence electrons. The Kier molecular flexibility index (Phi) is 8.97. The summed E-state index contributed by atoms with van der Waals surface area (Å²) < 4.78 is 10.4. The number of hydrogen-bond acceptors (Lipinski definition) is 6. The van der Waals surface area contributed by atoms with Crippen LogP contribution in [-0.2, 0) is 19.1 Å². The van der Waals surface area contributed by atoms with E-state index in [1.807, 2.05) is 24.3 Å². The number of benzene rings is 1. The van der Waals surface area contributed by atoms with Crippen LogP contribution >= 0.6 is 0 Å². The number of rotatable bonds is 5. The van der Waals surface area contributed by atoms with Gasteiger partial charge in [0.15, 0.2) is 0 Å². The first-order chi connectivity index (χ1) is 11.9. The Morgan fingerprint density at radius 1 is 1.20 bits per heavy atom. The SMILES string of the molecule is COc1cccc(NC(=O)CCN2CCOCC2)c1.O=C(O)C(=O)O. The number of carboxylic acid groups (broad SMARTS) is 2. The molecule has 3 N–H and O–H groups in total. The highest BCUT2D eigenvalue weighted by molar-refractivity contribution is 6.27. The number of carbonyl (C=O) groups is 3. The minimum atomic E-state index is -1.82. The molecule has 1 aromatic carbocycles. The van der Waals surface area contributed by atoms with Crippen molar-refractivity contribution in [2.75, 3.05) is 45.3 Å². The van der Waals surface area contributed by atoms with E-state index in [-0.39, 0.29) is 5.91 Å². The molecule has 1 aromatic rings. The Labute approximate surface area is 145 Å². The first kappa shape index (κ1) is 20.4. The fourth-order valence-electron chi connectivity index (χ4n) is 2.01. The van der Waals surface area contributed by atoms with Crippen molar-refractivity contribution in [2.24, 2.45) is 0 Å². The van der Waals surface area contributed by atoms with Gasteiger partial charge in [0, 0.05) is 37.8 Å². The van der Waals surface area contributed by atoms with Gasteiger partial charge in [-0.05, 0) is 12.1 Å². The molecule has 1 aliphatic rings. The quantitative estimate of drug-likeness (QED) is 0.653. The van der Waals surface area contributed by atoms with E-state index in [9.17, 15) is 4.79 Å². The topological polar surface area (TPSA) is 125 Å². The summed E-state index contributed by atoms with van der Waals surface area (Å²) in [7, 11) is 1.61. The maximum atomic E-state index is 11.8. The van der Waals surface area contributed by atoms with Gasteiger partial charge < -0.3 is 25.0 Å². The van der Waals surface area contributed by atoms with Gasteiger partial charge >= 0.3 is 11.9 Å². The van der Waals surface area contributed by atoms with Crippen molar-refractivity contribution >= 4 is 23.5 Å². The zero-order chi connectivity index (χ0) is 18.7. The maximum Gasteiger partial charge on any atom is 0.414 e. The third kappa shape index (κ3) is 8.68. The van der Waals surface area contributed by atoms with E-state index in [1.54, 1.807) is 7.11 Å². The smallest absolute Gasteiger partial charge is 0.414 e. The second-order valence-corrected chi connectivity index (χ2v) is 5.09. The second kappa shape index (κ2) is 11.0. The van der Waals surface area contributed by atoms with Crippen LogP contribution in [0.5, 0.6) is 5.75 Å². The van der Waals surface area contributed by atoms with E-state index in [2.05, 4.69) is 10.2 Å². The molecular formula is C16H22N2O7. The summed E-state index contributed by atoms with van der Waals surface area (Å²) in [6.45, 7) is 4.12. The van der Waals surface area contributed by atoms with Crippen molar-refractivity contribution in [3.63, 3.8) is 0 Å². The van der Waals surface area contributed by atoms with Gasteiger partial charge in [-0.25, -0.2) is 9.59 Å². The molecule has 0 aromatic heterocycles. The second-order valence-electron chi connectivity index (χ2n) is 5.09. The van der Waals surface area contributed by atoms with Crippen LogP contribution in [0, 0.1) is 0 Å². The van der Waals surface area contributed by atoms with Crippen molar-refractivity contribution in [1.82, 2.24) is 4.90 Å². The minimum absolute atomic E-state index is 0.0275. The molecule has 0 saturated carbocycles. The fraction of sp³-hybridized carbons (Fsp3) is 0.438. The molecular weight excluding hydrogens is 332 g/mol. The van der Waals surface area contributed by atoms with Gasteiger partial charge in [0.2, 0.25) is 5.91 Å². The number of morpholine rings is 1. The zero-order valence-corrected chi connectivity index (χ0v) is 13.9. The Balaban J connectivity index is 0.000000450. The highest BCUT2D eigenvalue weighted by Gasteiger charge is 2.12. The van der Waals surface area contributed by atoms with E-state index in [0.29, 0.717) is 6.42 Å². The summed E-state index contributed by atoms with van der Waals surface area (Å²) in [5.41, 5.74) is 0.770. The van der Waals surface area contributed by atoms with E-state index in [0.717, 1.165) is 44.3 Å². The molecule has 9 nitrogen and oxygen atoms in total. The van der Waals surface area contributed by atoms with Crippen LogP contribution in [0.3, 0.4) is 0 Å². The molecule has 0 radical (unpaired) electrons. The first-order valence-electron chi connectivity index (χ1n) is 7.62. The average Bonchev–Trinajstić information content (AvgIpc) is 2.61. The zero-order valence-electron chi connectivity index (χ0n) is 13.9. The normalized spacial score (nSPS) is 14.0. The first-order valence-corrected chi connectivity index (χ1v) is 7.62. The monoisotopic (exact) mass is 354 g/mol. The van der Waals surface area contributed by atoms with Crippen LogP contribution in [0.4, 0.5) is 5.69 Å². The molecule has 1 fully saturated rings. The van der Waals surface area contributed by atoms with Crippen molar-refractivity contribution in [3.8, 4) is 5.75 Å². The Morgan fingerprint density at radius 3 is 2.40 bits per heavy atom. The summed E-state index contributed by atoms with van der Waals surface area (Å²) in [5, 5.41) is 17.7. The molecule has 1 saturated heterocycles. The van der Waals surface area contributed by atoms with Crippen molar-refractivity contribution < 1.29 is 34.1 Å². The predicted octanol–water partition coefficient (Wildman–Crippen LogP) is 0.512. The highest BCUT2D eigenvalue weighted by atomic mass is 16.5. The number of carboxylic acids is 2. The lowest BCUT2D eigenvalue weighted by Gasteiger charge is -2.26. The molecule has 0 unspecified atom stereocenters. The number of methoxy groups -OCH3 is 1. The number of anilines is 1. The van der Waals surface area contributed by atoms with Crippen LogP contribution < -0.4 is 10.1 Å². The molecule has 1 amide bonds. The van der Waals surface area contributed by atoms with Gasteiger partial charge in [-0.1, -0.05) is 6.07 Å². The van der Waals surface area contributed by atoms with Gasteiger partial charge in [-0.3, -0.25) is 9.69 Å². The minimum Gasteiger partial charge on any atom is -0.497 e. The lowest BCUT2D eigenvalue weighted by molar-refractivity contribution is -0.159. The number of carbonyl (C=O) groups excluding carboxylic acids is 1. The van der Waals surface area contributed by atoms with Crippen molar-refractivity contribution in [1.29, 1.82) is 0 Å². The van der Waals surface area contributed by atoms with Crippen LogP contribution in [0.1, 0.15) is 6.42 Å². The van der Waals surface area contributed by atoms with Crippen molar-refractivity contribution in [3.05, 3.63) is 24.3 Å². The van der Waals surface area contributed by atoms with E-state index < -0.39 is 11.9 Å². The lowest BCUT2D eigenvalue weighted by Crippen LogP contribution is -2.38. The highest BCUT2D eigenvalue weighted by Crippen LogP contribution is 2.16. The lowest BCUT2D eigenvalue weighted by atomic mass is 10.2. The Morgan fingerprint density at radius 2 is 1.84 bits per heavy atom. The van der Waals surface area contributed by atoms with Gasteiger partial charge in [0.1, 0.15) is 5.75 Å². The third-order valence-corrected chi connectivity index (χ3v) is 3.30. The number of amides is 1. The standard InChI is InChI=1S/C14H20N2O3.C2H2O4/c1-18-13-4-2-3-12(11-13)15-14(17)5-6-16-7-9-19-10-8-16;3-1(4)2(5)6/h2-4,11H,5-10H2,1H3,(H,15,17);(H,3,4)(H,5,6). The molecule has 9 heteroatoms. The Bertz CT molecular complexity index is 574. The van der Waals surface area contributed by atoms with Crippen LogP contribution in [0.25, 0.3) is 0 Å². The van der Waals surface area contributed by atoms with Gasteiger partial charge in [-0.2, -0.15) is 0 Å². The molecule has 2 rings (SSSR count). The largest absolute Gasteiger partial charge is 0.497 e. The number of nitrogens with one attached hydrogen (secondary N) is 1. The van der Waals surface area contributed by atoms with Crippen LogP contribution in [-0.4, -0.2) is 72.9 Å². The van der Waals surface area contributed by atoms with Crippen molar-refractivity contribution in [2.45, 2.75) is 6.42 Å². The third-order valence-electron chi connectivity index (χ3n) is 3.30. The fourth-order valence-corrected chi connectivity index (χ4v) is 2.01. The average molecular weight is 354 g/mol. The van der Waals surface area contributed by atoms with Gasteiger partial charge in [0.25, 0.3) is 0 Å². The molecule has 25 heavy (non-hydrogen) atoms. The van der Waals surface area contributed by atoms with Crippen LogP contribution in [0.15, 0.2) is 24.3 Å². The molecule has 0 atom stereocenters. The number of hydrogen-bond donors (Lipinski definition) is 3. The molecule has 0 bridgehead atoms. The summed E-state index contributed by atoms with van der Waals surface area (Å²) in [6.07, 6.45) is 0.497. The summed E-state index contributed by atoms with van der Waals surface area (Å²) in [6, 6.07) is 7.38. The van der Waals surface area contributed by atoms with E-state index >= 15 is 0 Å². The Hall–Kier alpha value is -2.65. The maximum absolute atomic E-state index is 11.8. The van der Waals surface area contributed by atoms with E-state index in [4.69, 9.17) is 29.3 Å². The van der Waals surface area contributed by atoms with Gasteiger partial charge in [0.05, 0.1) is 20.3 Å². The summed E-state index contributed by atoms with van der Waals surface area (Å²) in [5.74, 6) is -2.88. The number of ether oxygens (including phenoxy) is 2.